The lowest BCUT2D eigenvalue weighted by molar-refractivity contribution is 0.0963. The average molecular weight is 307 g/mol. The topological polar surface area (TPSA) is 95.2 Å². The number of rotatable bonds is 3. The molecule has 1 atom stereocenters. The van der Waals surface area contributed by atoms with Crippen LogP contribution in [-0.2, 0) is 13.5 Å². The first-order chi connectivity index (χ1) is 9.92. The van der Waals surface area contributed by atoms with Crippen molar-refractivity contribution in [3.63, 3.8) is 0 Å². The molecule has 3 N–H and O–H groups in total. The normalized spacial score (nSPS) is 17.5. The van der Waals surface area contributed by atoms with Gasteiger partial charge < -0.3 is 20.4 Å². The molecule has 21 heavy (non-hydrogen) atoms. The lowest BCUT2D eigenvalue weighted by Gasteiger charge is -2.15. The molecule has 0 spiro atoms. The Labute approximate surface area is 127 Å². The molecule has 0 fully saturated rings. The van der Waals surface area contributed by atoms with E-state index in [0.29, 0.717) is 12.0 Å². The van der Waals surface area contributed by atoms with Crippen molar-refractivity contribution in [2.45, 2.75) is 25.7 Å². The fraction of sp³-hybridized carbons (Fsp3) is 0.357. The van der Waals surface area contributed by atoms with Crippen LogP contribution in [0.1, 0.15) is 40.9 Å². The molecule has 0 aliphatic heterocycles. The lowest BCUT2D eigenvalue weighted by Crippen LogP contribution is -2.33. The molecule has 0 aromatic carbocycles. The zero-order chi connectivity index (χ0) is 15.7. The molecule has 1 aliphatic carbocycles. The number of nitrogens with one attached hydrogen (secondary N) is 2. The van der Waals surface area contributed by atoms with Gasteiger partial charge in [0.1, 0.15) is 11.3 Å². The van der Waals surface area contributed by atoms with E-state index in [2.05, 4.69) is 17.9 Å². The first-order valence-electron chi connectivity index (χ1n) is 6.53. The Morgan fingerprint density at radius 1 is 1.57 bits per heavy atom. The molecule has 1 amide bonds. The number of thiol groups is 1. The van der Waals surface area contributed by atoms with Crippen LogP contribution in [0.25, 0.3) is 0 Å². The van der Waals surface area contributed by atoms with Crippen LogP contribution in [0.5, 0.6) is 5.75 Å². The first kappa shape index (κ1) is 15.4. The fourth-order valence-electron chi connectivity index (χ4n) is 2.67. The lowest BCUT2D eigenvalue weighted by atomic mass is 10.0. The molecule has 1 heterocycles. The van der Waals surface area contributed by atoms with Gasteiger partial charge in [-0.05, 0) is 24.2 Å². The van der Waals surface area contributed by atoms with E-state index >= 15 is 0 Å². The summed E-state index contributed by atoms with van der Waals surface area (Å²) in [5.74, 6) is -0.890. The van der Waals surface area contributed by atoms with E-state index in [0.717, 1.165) is 18.3 Å². The number of hydrogen-bond acceptors (Lipinski definition) is 5. The molecular formula is C14H17N3O3S. The summed E-state index contributed by atoms with van der Waals surface area (Å²) in [6, 6.07) is 0. The number of amides is 1. The number of nitrogens with zero attached hydrogens (tertiary/aromatic N) is 1. The van der Waals surface area contributed by atoms with Crippen molar-refractivity contribution < 1.29 is 9.90 Å². The Morgan fingerprint density at radius 3 is 2.81 bits per heavy atom. The minimum Gasteiger partial charge on any atom is -0.507 e. The second kappa shape index (κ2) is 5.77. The summed E-state index contributed by atoms with van der Waals surface area (Å²) >= 11 is 3.86. The van der Waals surface area contributed by atoms with Crippen LogP contribution in [-0.4, -0.2) is 21.8 Å². The smallest absolute Gasteiger partial charge is 0.267 e. The predicted molar refractivity (Wildman–Crippen MR) is 83.4 cm³/mol. The van der Waals surface area contributed by atoms with Gasteiger partial charge in [0.25, 0.3) is 11.5 Å². The maximum Gasteiger partial charge on any atom is 0.267 e. The molecule has 0 saturated heterocycles. The first-order valence-corrected chi connectivity index (χ1v) is 7.04. The highest BCUT2D eigenvalue weighted by molar-refractivity contribution is 7.83. The number of aromatic nitrogens is 1. The van der Waals surface area contributed by atoms with E-state index in [1.165, 1.54) is 9.98 Å². The number of carbonyl (C=O) groups is 1. The van der Waals surface area contributed by atoms with E-state index in [9.17, 15) is 14.7 Å². The van der Waals surface area contributed by atoms with Crippen LogP contribution in [0, 0.1) is 5.41 Å². The average Bonchev–Trinajstić information content (AvgIpc) is 2.84. The van der Waals surface area contributed by atoms with Crippen molar-refractivity contribution in [3.8, 4) is 5.75 Å². The molecule has 112 valence electrons. The molecule has 2 rings (SSSR count). The van der Waals surface area contributed by atoms with Crippen molar-refractivity contribution >= 4 is 24.8 Å². The van der Waals surface area contributed by atoms with Crippen molar-refractivity contribution in [3.05, 3.63) is 38.3 Å². The van der Waals surface area contributed by atoms with Crippen LogP contribution in [0.2, 0.25) is 0 Å². The second-order valence-electron chi connectivity index (χ2n) is 5.07. The monoisotopic (exact) mass is 307 g/mol. The van der Waals surface area contributed by atoms with Gasteiger partial charge in [-0.2, -0.15) is 0 Å². The summed E-state index contributed by atoms with van der Waals surface area (Å²) in [5, 5.41) is 21.1. The van der Waals surface area contributed by atoms with E-state index < -0.39 is 11.5 Å². The van der Waals surface area contributed by atoms with Crippen molar-refractivity contribution in [2.24, 2.45) is 7.05 Å². The van der Waals surface area contributed by atoms with Crippen LogP contribution < -0.4 is 10.9 Å². The zero-order valence-corrected chi connectivity index (χ0v) is 12.7. The molecule has 1 aliphatic rings. The van der Waals surface area contributed by atoms with Crippen molar-refractivity contribution in [1.29, 1.82) is 5.41 Å². The molecule has 7 heteroatoms. The third-order valence-electron chi connectivity index (χ3n) is 3.81. The van der Waals surface area contributed by atoms with Gasteiger partial charge in [-0.25, -0.2) is 0 Å². The molecule has 6 nitrogen and oxygen atoms in total. The maximum absolute atomic E-state index is 12.3. The third kappa shape index (κ3) is 2.49. The van der Waals surface area contributed by atoms with Crippen molar-refractivity contribution in [1.82, 2.24) is 9.88 Å². The molecule has 0 saturated carbocycles. The van der Waals surface area contributed by atoms with E-state index in [-0.39, 0.29) is 22.9 Å². The second-order valence-corrected chi connectivity index (χ2v) is 5.33. The standard InChI is InChI=1S/C14H17N3O3S/c1-7-3-4-9-10(7)12(18)11(14(20)17(9)2)13(19)16-8(5-15)6-21/h5-7,15,18,21H,3-4H2,1-2H3,(H,16,19)/b8-6+,15-5?/t7-/m1/s1. The van der Waals surface area contributed by atoms with Gasteiger partial charge in [-0.3, -0.25) is 9.59 Å². The van der Waals surface area contributed by atoms with Crippen LogP contribution in [0.4, 0.5) is 0 Å². The highest BCUT2D eigenvalue weighted by Crippen LogP contribution is 2.38. The summed E-state index contributed by atoms with van der Waals surface area (Å²) < 4.78 is 1.42. The fourth-order valence-corrected chi connectivity index (χ4v) is 2.80. The van der Waals surface area contributed by atoms with E-state index in [1.807, 2.05) is 6.92 Å². The minimum absolute atomic E-state index is 0.0981. The summed E-state index contributed by atoms with van der Waals surface area (Å²) in [6.07, 6.45) is 2.45. The maximum atomic E-state index is 12.3. The van der Waals surface area contributed by atoms with E-state index in [1.54, 1.807) is 7.05 Å². The van der Waals surface area contributed by atoms with Crippen molar-refractivity contribution in [2.75, 3.05) is 0 Å². The predicted octanol–water partition coefficient (Wildman–Crippen LogP) is 1.29. The van der Waals surface area contributed by atoms with Crippen LogP contribution >= 0.6 is 12.6 Å². The molecule has 0 radical (unpaired) electrons. The Kier molecular flexibility index (Phi) is 4.22. The highest BCUT2D eigenvalue weighted by atomic mass is 32.1. The Morgan fingerprint density at radius 2 is 2.24 bits per heavy atom. The van der Waals surface area contributed by atoms with Gasteiger partial charge >= 0.3 is 0 Å². The molecule has 0 unspecified atom stereocenters. The van der Waals surface area contributed by atoms with Gasteiger partial charge in [0, 0.05) is 24.5 Å². The quantitative estimate of drug-likeness (QED) is 0.500. The van der Waals surface area contributed by atoms with Crippen LogP contribution in [0.15, 0.2) is 15.9 Å². The number of fused-ring (bicyclic) bond motifs is 1. The SMILES string of the molecule is C[C@@H]1CCc2c1c(O)c(C(=O)N/C(C=N)=C/S)c(=O)n2C. The molecule has 1 aromatic rings. The molecule has 1 aromatic heterocycles. The Bertz CT molecular complexity index is 706. The number of pyridine rings is 1. The molecular weight excluding hydrogens is 290 g/mol. The largest absolute Gasteiger partial charge is 0.507 e. The summed E-state index contributed by atoms with van der Waals surface area (Å²) in [4.78, 5) is 24.5. The minimum atomic E-state index is -0.737. The van der Waals surface area contributed by atoms with Gasteiger partial charge in [-0.15, -0.1) is 12.6 Å². The summed E-state index contributed by atoms with van der Waals surface area (Å²) in [6.45, 7) is 1.95. The number of hydrogen-bond donors (Lipinski definition) is 4. The van der Waals surface area contributed by atoms with E-state index in [4.69, 9.17) is 5.41 Å². The van der Waals surface area contributed by atoms with Gasteiger partial charge in [-0.1, -0.05) is 6.92 Å². The Hall–Kier alpha value is -2.02. The summed E-state index contributed by atoms with van der Waals surface area (Å²) in [5.41, 5.74) is 0.742. The van der Waals surface area contributed by atoms with Gasteiger partial charge in [0.15, 0.2) is 0 Å². The highest BCUT2D eigenvalue weighted by Gasteiger charge is 2.30. The number of carbonyl (C=O) groups excluding carboxylic acids is 1. The van der Waals surface area contributed by atoms with Gasteiger partial charge in [0.2, 0.25) is 0 Å². The third-order valence-corrected chi connectivity index (χ3v) is 4.09. The number of aromatic hydroxyl groups is 1. The van der Waals surface area contributed by atoms with Crippen LogP contribution in [0.3, 0.4) is 0 Å². The Balaban J connectivity index is 2.58. The summed E-state index contributed by atoms with van der Waals surface area (Å²) in [7, 11) is 1.60. The van der Waals surface area contributed by atoms with Gasteiger partial charge in [0.05, 0.1) is 5.70 Å². The number of allylic oxidation sites excluding steroid dienone is 1. The molecule has 0 bridgehead atoms. The zero-order valence-electron chi connectivity index (χ0n) is 11.8.